The Kier molecular flexibility index (Phi) is 6.12. The summed E-state index contributed by atoms with van der Waals surface area (Å²) in [6.45, 7) is 1.89. The maximum Gasteiger partial charge on any atom is 0.417 e. The van der Waals surface area contributed by atoms with Gasteiger partial charge in [0.25, 0.3) is 5.91 Å². The summed E-state index contributed by atoms with van der Waals surface area (Å²) in [5.41, 5.74) is -2.40. The van der Waals surface area contributed by atoms with Crippen LogP contribution in [0.25, 0.3) is 0 Å². The van der Waals surface area contributed by atoms with Gasteiger partial charge in [0.15, 0.2) is 0 Å². The first kappa shape index (κ1) is 22.5. The first-order chi connectivity index (χ1) is 13.2. The molecule has 1 aliphatic rings. The molecule has 1 heterocycles. The minimum absolute atomic E-state index is 0.150. The normalized spacial score (nSPS) is 15.9. The van der Waals surface area contributed by atoms with E-state index in [1.807, 2.05) is 0 Å². The third kappa shape index (κ3) is 5.17. The maximum atomic E-state index is 12.9. The Bertz CT molecular complexity index is 873. The Morgan fingerprint density at radius 2 is 1.90 bits per heavy atom. The zero-order valence-electron chi connectivity index (χ0n) is 15.7. The van der Waals surface area contributed by atoms with E-state index >= 15 is 0 Å². The fourth-order valence-corrected chi connectivity index (χ4v) is 2.77. The molecule has 0 aromatic heterocycles. The molecule has 29 heavy (non-hydrogen) atoms. The van der Waals surface area contributed by atoms with E-state index in [9.17, 15) is 32.3 Å². The molecule has 0 bridgehead atoms. The van der Waals surface area contributed by atoms with E-state index in [2.05, 4.69) is 10.6 Å². The fraction of sp³-hybridized carbons (Fsp3) is 0.412. The van der Waals surface area contributed by atoms with E-state index in [0.717, 1.165) is 15.9 Å². The van der Waals surface area contributed by atoms with E-state index in [1.54, 1.807) is 0 Å². The molecule has 0 unspecified atom stereocenters. The molecule has 1 fully saturated rings. The van der Waals surface area contributed by atoms with Crippen molar-refractivity contribution in [3.63, 3.8) is 0 Å². The second-order valence-electron chi connectivity index (χ2n) is 6.94. The summed E-state index contributed by atoms with van der Waals surface area (Å²) < 4.78 is 38.6. The number of nitrogens with zero attached hydrogens (tertiary/aromatic N) is 2. The highest BCUT2D eigenvalue weighted by Gasteiger charge is 2.45. The molecule has 1 saturated heterocycles. The van der Waals surface area contributed by atoms with Crippen LogP contribution in [0.3, 0.4) is 0 Å². The van der Waals surface area contributed by atoms with Crippen molar-refractivity contribution in [2.24, 2.45) is 0 Å². The van der Waals surface area contributed by atoms with Gasteiger partial charge in [-0.25, -0.2) is 4.79 Å². The molecule has 1 aromatic carbocycles. The van der Waals surface area contributed by atoms with Gasteiger partial charge in [-0.1, -0.05) is 11.6 Å². The number of urea groups is 1. The number of halogens is 4. The number of amides is 5. The Labute approximate surface area is 169 Å². The van der Waals surface area contributed by atoms with Gasteiger partial charge in [-0.05, 0) is 32.0 Å². The fourth-order valence-electron chi connectivity index (χ4n) is 2.54. The van der Waals surface area contributed by atoms with Crippen LogP contribution in [0.4, 0.5) is 23.7 Å². The number of hydrogen-bond donors (Lipinski definition) is 2. The molecule has 5 amide bonds. The van der Waals surface area contributed by atoms with E-state index in [0.29, 0.717) is 6.07 Å². The van der Waals surface area contributed by atoms with Crippen molar-refractivity contribution in [2.75, 3.05) is 25.5 Å². The summed E-state index contributed by atoms with van der Waals surface area (Å²) in [7, 11) is 1.26. The summed E-state index contributed by atoms with van der Waals surface area (Å²) in [5.74, 6) is -2.06. The standard InChI is InChI=1S/C17H18ClF3N4O4/c1-16(2)14(28)25(15(29)23-16)8-13(27)24(3)7-12(26)22-9-4-5-11(18)10(6-9)17(19,20)21/h4-6H,7-8H2,1-3H3,(H,22,26)(H,23,29). The SMILES string of the molecule is CN(CC(=O)Nc1ccc(Cl)c(C(F)(F)F)c1)C(=O)CN1C(=O)NC(C)(C)C1=O. The number of anilines is 1. The predicted octanol–water partition coefficient (Wildman–Crippen LogP) is 2.09. The summed E-state index contributed by atoms with van der Waals surface area (Å²) >= 11 is 5.52. The molecular formula is C17H18ClF3N4O4. The summed E-state index contributed by atoms with van der Waals surface area (Å²) in [6, 6.07) is 2.13. The number of likely N-dealkylation sites (N-methyl/N-ethyl adjacent to an activating group) is 1. The highest BCUT2D eigenvalue weighted by atomic mass is 35.5. The zero-order valence-corrected chi connectivity index (χ0v) is 16.4. The van der Waals surface area contributed by atoms with Crippen LogP contribution < -0.4 is 10.6 Å². The van der Waals surface area contributed by atoms with Crippen LogP contribution in [0.15, 0.2) is 18.2 Å². The number of nitrogens with one attached hydrogen (secondary N) is 2. The molecule has 0 saturated carbocycles. The number of carbonyl (C=O) groups is 4. The number of carbonyl (C=O) groups excluding carboxylic acids is 4. The number of imide groups is 1. The largest absolute Gasteiger partial charge is 0.417 e. The molecule has 8 nitrogen and oxygen atoms in total. The molecular weight excluding hydrogens is 417 g/mol. The molecule has 0 aliphatic carbocycles. The second kappa shape index (κ2) is 7.90. The Morgan fingerprint density at radius 1 is 1.28 bits per heavy atom. The number of rotatable bonds is 5. The van der Waals surface area contributed by atoms with Crippen LogP contribution in [0, 0.1) is 0 Å². The highest BCUT2D eigenvalue weighted by molar-refractivity contribution is 6.31. The lowest BCUT2D eigenvalue weighted by Crippen LogP contribution is -2.45. The lowest BCUT2D eigenvalue weighted by molar-refractivity contribution is -0.138. The molecule has 1 aromatic rings. The van der Waals surface area contributed by atoms with Crippen molar-refractivity contribution in [2.45, 2.75) is 25.6 Å². The highest BCUT2D eigenvalue weighted by Crippen LogP contribution is 2.36. The molecule has 2 N–H and O–H groups in total. The van der Waals surface area contributed by atoms with Crippen molar-refractivity contribution < 1.29 is 32.3 Å². The summed E-state index contributed by atoms with van der Waals surface area (Å²) in [6.07, 6.45) is -4.69. The quantitative estimate of drug-likeness (QED) is 0.693. The van der Waals surface area contributed by atoms with Crippen molar-refractivity contribution in [1.82, 2.24) is 15.1 Å². The Hall–Kier alpha value is -2.82. The molecule has 2 rings (SSSR count). The molecule has 0 spiro atoms. The molecule has 0 atom stereocenters. The van der Waals surface area contributed by atoms with Crippen LogP contribution in [0.1, 0.15) is 19.4 Å². The minimum atomic E-state index is -4.69. The summed E-state index contributed by atoms with van der Waals surface area (Å²) in [5, 5.41) is 4.14. The Balaban J connectivity index is 1.98. The first-order valence-electron chi connectivity index (χ1n) is 8.27. The third-order valence-corrected chi connectivity index (χ3v) is 4.43. The van der Waals surface area contributed by atoms with Crippen molar-refractivity contribution >= 4 is 41.0 Å². The van der Waals surface area contributed by atoms with Gasteiger partial charge >= 0.3 is 12.2 Å². The summed E-state index contributed by atoms with van der Waals surface area (Å²) in [4.78, 5) is 49.9. The lowest BCUT2D eigenvalue weighted by Gasteiger charge is -2.20. The van der Waals surface area contributed by atoms with Gasteiger partial charge in [0.2, 0.25) is 11.8 Å². The van der Waals surface area contributed by atoms with Crippen LogP contribution in [0.5, 0.6) is 0 Å². The average Bonchev–Trinajstić information content (AvgIpc) is 2.77. The molecule has 158 valence electrons. The van der Waals surface area contributed by atoms with Gasteiger partial charge in [-0.2, -0.15) is 13.2 Å². The average molecular weight is 435 g/mol. The van der Waals surface area contributed by atoms with Crippen LogP contribution >= 0.6 is 11.6 Å². The lowest BCUT2D eigenvalue weighted by atomic mass is 10.1. The van der Waals surface area contributed by atoms with Crippen molar-refractivity contribution in [3.05, 3.63) is 28.8 Å². The third-order valence-electron chi connectivity index (χ3n) is 4.10. The van der Waals surface area contributed by atoms with Crippen LogP contribution in [-0.2, 0) is 20.6 Å². The number of benzene rings is 1. The molecule has 1 aliphatic heterocycles. The topological polar surface area (TPSA) is 98.8 Å². The van der Waals surface area contributed by atoms with E-state index in [-0.39, 0.29) is 5.69 Å². The number of alkyl halides is 3. The van der Waals surface area contributed by atoms with Crippen molar-refractivity contribution in [3.8, 4) is 0 Å². The molecule has 0 radical (unpaired) electrons. The van der Waals surface area contributed by atoms with Gasteiger partial charge < -0.3 is 15.5 Å². The second-order valence-corrected chi connectivity index (χ2v) is 7.34. The van der Waals surface area contributed by atoms with E-state index < -0.39 is 59.1 Å². The Morgan fingerprint density at radius 3 is 2.41 bits per heavy atom. The zero-order chi connectivity index (χ0) is 22.1. The van der Waals surface area contributed by atoms with Crippen molar-refractivity contribution in [1.29, 1.82) is 0 Å². The smallest absolute Gasteiger partial charge is 0.335 e. The monoisotopic (exact) mass is 434 g/mol. The van der Waals surface area contributed by atoms with E-state index in [1.165, 1.54) is 27.0 Å². The van der Waals surface area contributed by atoms with Crippen LogP contribution in [-0.4, -0.2) is 59.2 Å². The molecule has 12 heteroatoms. The van der Waals surface area contributed by atoms with Gasteiger partial charge in [-0.3, -0.25) is 19.3 Å². The maximum absolute atomic E-state index is 12.9. The van der Waals surface area contributed by atoms with Gasteiger partial charge in [0.1, 0.15) is 12.1 Å². The van der Waals surface area contributed by atoms with Gasteiger partial charge in [0.05, 0.1) is 17.1 Å². The number of hydrogen-bond acceptors (Lipinski definition) is 4. The van der Waals surface area contributed by atoms with E-state index in [4.69, 9.17) is 11.6 Å². The van der Waals surface area contributed by atoms with Crippen LogP contribution in [0.2, 0.25) is 5.02 Å². The predicted molar refractivity (Wildman–Crippen MR) is 97.0 cm³/mol. The van der Waals surface area contributed by atoms with Gasteiger partial charge in [-0.15, -0.1) is 0 Å². The minimum Gasteiger partial charge on any atom is -0.335 e. The first-order valence-corrected chi connectivity index (χ1v) is 8.65. The van der Waals surface area contributed by atoms with Gasteiger partial charge in [0, 0.05) is 12.7 Å².